The van der Waals surface area contributed by atoms with Crippen molar-refractivity contribution >= 4 is 6.09 Å². The molecule has 2 aromatic rings. The Morgan fingerprint density at radius 3 is 3.04 bits per heavy atom. The summed E-state index contributed by atoms with van der Waals surface area (Å²) in [6.07, 6.45) is 3.41. The van der Waals surface area contributed by atoms with Crippen molar-refractivity contribution < 1.29 is 13.9 Å². The van der Waals surface area contributed by atoms with E-state index in [1.54, 1.807) is 24.2 Å². The highest BCUT2D eigenvalue weighted by Crippen LogP contribution is 2.32. The standard InChI is InChI=1S/C18H21FN4O2/c1-22-11-18(25-17(22)24)6-3-7-23(12-18)10-14-9-20-21-16(14)13-4-2-5-15(19)8-13/h2,4-5,8-9H,3,6-7,10-12H2,1H3,(H,20,21). The van der Waals surface area contributed by atoms with Crippen molar-refractivity contribution in [1.29, 1.82) is 0 Å². The van der Waals surface area contributed by atoms with E-state index in [4.69, 9.17) is 4.74 Å². The van der Waals surface area contributed by atoms with Gasteiger partial charge in [0.1, 0.15) is 11.4 Å². The van der Waals surface area contributed by atoms with Gasteiger partial charge in [-0.25, -0.2) is 9.18 Å². The maximum atomic E-state index is 13.5. The number of benzene rings is 1. The normalized spacial score (nSPS) is 24.1. The Morgan fingerprint density at radius 1 is 1.40 bits per heavy atom. The van der Waals surface area contributed by atoms with Gasteiger partial charge in [0.05, 0.1) is 18.4 Å². The predicted octanol–water partition coefficient (Wildman–Crippen LogP) is 2.63. The van der Waals surface area contributed by atoms with Gasteiger partial charge in [-0.05, 0) is 31.5 Å². The molecular weight excluding hydrogens is 323 g/mol. The molecule has 1 amide bonds. The number of amides is 1. The Bertz CT molecular complexity index is 793. The lowest BCUT2D eigenvalue weighted by molar-refractivity contribution is -0.0113. The molecule has 1 atom stereocenters. The molecule has 2 fully saturated rings. The number of halogens is 1. The van der Waals surface area contributed by atoms with Crippen molar-refractivity contribution in [2.75, 3.05) is 26.7 Å². The van der Waals surface area contributed by atoms with Crippen molar-refractivity contribution in [3.05, 3.63) is 41.8 Å². The second-order valence-electron chi connectivity index (χ2n) is 7.00. The van der Waals surface area contributed by atoms with Gasteiger partial charge in [-0.15, -0.1) is 0 Å². The first-order valence-electron chi connectivity index (χ1n) is 8.49. The fourth-order valence-electron chi connectivity index (χ4n) is 3.90. The van der Waals surface area contributed by atoms with Crippen LogP contribution in [0.3, 0.4) is 0 Å². The van der Waals surface area contributed by atoms with Crippen LogP contribution < -0.4 is 0 Å². The van der Waals surface area contributed by atoms with E-state index in [0.29, 0.717) is 19.6 Å². The molecule has 1 unspecified atom stereocenters. The molecule has 1 spiro atoms. The van der Waals surface area contributed by atoms with Crippen LogP contribution in [0.25, 0.3) is 11.3 Å². The summed E-state index contributed by atoms with van der Waals surface area (Å²) in [4.78, 5) is 15.7. The third-order valence-corrected chi connectivity index (χ3v) is 4.98. The van der Waals surface area contributed by atoms with E-state index in [1.807, 2.05) is 6.07 Å². The molecule has 25 heavy (non-hydrogen) atoms. The molecule has 1 N–H and O–H groups in total. The van der Waals surface area contributed by atoms with E-state index in [-0.39, 0.29) is 11.9 Å². The number of likely N-dealkylation sites (N-methyl/N-ethyl adjacent to an activating group) is 1. The second kappa shape index (κ2) is 6.15. The number of H-pyrrole nitrogens is 1. The van der Waals surface area contributed by atoms with Gasteiger partial charge in [-0.1, -0.05) is 12.1 Å². The van der Waals surface area contributed by atoms with E-state index in [1.165, 1.54) is 12.1 Å². The van der Waals surface area contributed by atoms with Crippen LogP contribution in [0, 0.1) is 5.82 Å². The largest absolute Gasteiger partial charge is 0.440 e. The summed E-state index contributed by atoms with van der Waals surface area (Å²) in [6, 6.07) is 6.49. The highest BCUT2D eigenvalue weighted by Gasteiger charge is 2.46. The molecule has 2 saturated heterocycles. The van der Waals surface area contributed by atoms with Crippen molar-refractivity contribution in [3.8, 4) is 11.3 Å². The number of piperidine rings is 1. The van der Waals surface area contributed by atoms with Crippen LogP contribution in [0.1, 0.15) is 18.4 Å². The molecule has 1 aromatic carbocycles. The quantitative estimate of drug-likeness (QED) is 0.930. The summed E-state index contributed by atoms with van der Waals surface area (Å²) in [5, 5.41) is 7.12. The van der Waals surface area contributed by atoms with Gasteiger partial charge in [0.15, 0.2) is 0 Å². The van der Waals surface area contributed by atoms with E-state index in [9.17, 15) is 9.18 Å². The average molecular weight is 344 g/mol. The zero-order valence-electron chi connectivity index (χ0n) is 14.2. The number of hydrogen-bond donors (Lipinski definition) is 1. The summed E-state index contributed by atoms with van der Waals surface area (Å²) < 4.78 is 19.2. The number of hydrogen-bond acceptors (Lipinski definition) is 4. The van der Waals surface area contributed by atoms with Gasteiger partial charge in [0.2, 0.25) is 0 Å². The molecule has 0 aliphatic carbocycles. The highest BCUT2D eigenvalue weighted by atomic mass is 19.1. The van der Waals surface area contributed by atoms with Crippen molar-refractivity contribution in [3.63, 3.8) is 0 Å². The number of nitrogens with zero attached hydrogens (tertiary/aromatic N) is 3. The van der Waals surface area contributed by atoms with Crippen LogP contribution >= 0.6 is 0 Å². The smallest absolute Gasteiger partial charge is 0.410 e. The van der Waals surface area contributed by atoms with Crippen LogP contribution in [-0.2, 0) is 11.3 Å². The monoisotopic (exact) mass is 344 g/mol. The Balaban J connectivity index is 1.52. The minimum absolute atomic E-state index is 0.245. The predicted molar refractivity (Wildman–Crippen MR) is 90.3 cm³/mol. The fourth-order valence-corrected chi connectivity index (χ4v) is 3.90. The first-order chi connectivity index (χ1) is 12.0. The number of carbonyl (C=O) groups is 1. The molecule has 2 aliphatic heterocycles. The number of aromatic amines is 1. The summed E-state index contributed by atoms with van der Waals surface area (Å²) in [7, 11) is 1.77. The number of carbonyl (C=O) groups excluding carboxylic acids is 1. The molecule has 7 heteroatoms. The number of ether oxygens (including phenoxy) is 1. The maximum absolute atomic E-state index is 13.5. The molecule has 6 nitrogen and oxygen atoms in total. The Hall–Kier alpha value is -2.41. The molecule has 0 radical (unpaired) electrons. The topological polar surface area (TPSA) is 61.5 Å². The van der Waals surface area contributed by atoms with Crippen LogP contribution in [0.4, 0.5) is 9.18 Å². The van der Waals surface area contributed by atoms with Crippen LogP contribution in [0.2, 0.25) is 0 Å². The van der Waals surface area contributed by atoms with Crippen LogP contribution in [0.5, 0.6) is 0 Å². The lowest BCUT2D eigenvalue weighted by atomic mass is 9.92. The molecular formula is C18H21FN4O2. The summed E-state index contributed by atoms with van der Waals surface area (Å²) in [6.45, 7) is 2.96. The summed E-state index contributed by atoms with van der Waals surface area (Å²) in [5.74, 6) is -0.268. The van der Waals surface area contributed by atoms with Gasteiger partial charge in [-0.3, -0.25) is 10.00 Å². The lowest BCUT2D eigenvalue weighted by Crippen LogP contribution is -2.50. The fraction of sp³-hybridized carbons (Fsp3) is 0.444. The number of aromatic nitrogens is 2. The van der Waals surface area contributed by atoms with Crippen LogP contribution in [0.15, 0.2) is 30.5 Å². The first-order valence-corrected chi connectivity index (χ1v) is 8.49. The lowest BCUT2D eigenvalue weighted by Gasteiger charge is -2.38. The molecule has 132 valence electrons. The Labute approximate surface area is 145 Å². The Kier molecular flexibility index (Phi) is 3.95. The zero-order chi connectivity index (χ0) is 17.4. The van der Waals surface area contributed by atoms with Crippen molar-refractivity contribution in [2.45, 2.75) is 25.0 Å². The van der Waals surface area contributed by atoms with Gasteiger partial charge in [-0.2, -0.15) is 5.10 Å². The molecule has 4 rings (SSSR count). The molecule has 2 aliphatic rings. The van der Waals surface area contributed by atoms with E-state index >= 15 is 0 Å². The summed E-state index contributed by atoms with van der Waals surface area (Å²) >= 11 is 0. The van der Waals surface area contributed by atoms with E-state index < -0.39 is 5.60 Å². The van der Waals surface area contributed by atoms with Crippen molar-refractivity contribution in [1.82, 2.24) is 20.0 Å². The number of nitrogens with one attached hydrogen (secondary N) is 1. The van der Waals surface area contributed by atoms with E-state index in [2.05, 4.69) is 15.1 Å². The van der Waals surface area contributed by atoms with Gasteiger partial charge in [0.25, 0.3) is 0 Å². The molecule has 0 bridgehead atoms. The summed E-state index contributed by atoms with van der Waals surface area (Å²) in [5.41, 5.74) is 2.22. The first kappa shape index (κ1) is 16.1. The van der Waals surface area contributed by atoms with Crippen molar-refractivity contribution in [2.24, 2.45) is 0 Å². The number of likely N-dealkylation sites (tertiary alicyclic amines) is 1. The van der Waals surface area contributed by atoms with Gasteiger partial charge < -0.3 is 9.64 Å². The highest BCUT2D eigenvalue weighted by molar-refractivity contribution is 5.70. The zero-order valence-corrected chi connectivity index (χ0v) is 14.2. The molecule has 3 heterocycles. The average Bonchev–Trinajstić information content (AvgIpc) is 3.12. The Morgan fingerprint density at radius 2 is 2.28 bits per heavy atom. The minimum atomic E-state index is -0.410. The van der Waals surface area contributed by atoms with Gasteiger partial charge >= 0.3 is 6.09 Å². The minimum Gasteiger partial charge on any atom is -0.440 e. The molecule has 1 aromatic heterocycles. The SMILES string of the molecule is CN1CC2(CCCN(Cc3cn[nH]c3-c3cccc(F)c3)C2)OC1=O. The van der Waals surface area contributed by atoms with Crippen LogP contribution in [-0.4, -0.2) is 58.4 Å². The third-order valence-electron chi connectivity index (χ3n) is 4.98. The maximum Gasteiger partial charge on any atom is 0.410 e. The van der Waals surface area contributed by atoms with Gasteiger partial charge in [0, 0.05) is 31.3 Å². The number of rotatable bonds is 3. The second-order valence-corrected chi connectivity index (χ2v) is 7.00. The van der Waals surface area contributed by atoms with E-state index in [0.717, 1.165) is 36.2 Å². The molecule has 0 saturated carbocycles. The third kappa shape index (κ3) is 3.11.